The van der Waals surface area contributed by atoms with Crippen molar-refractivity contribution in [3.63, 3.8) is 0 Å². The lowest BCUT2D eigenvalue weighted by molar-refractivity contribution is 0.0619. The van der Waals surface area contributed by atoms with Crippen molar-refractivity contribution in [1.82, 2.24) is 16.0 Å². The van der Waals surface area contributed by atoms with Crippen LogP contribution in [-0.2, 0) is 13.1 Å². The van der Waals surface area contributed by atoms with Gasteiger partial charge in [0.1, 0.15) is 30.8 Å². The van der Waals surface area contributed by atoms with Crippen LogP contribution in [0.3, 0.4) is 0 Å². The lowest BCUT2D eigenvalue weighted by atomic mass is 10.2. The minimum atomic E-state index is -0.699. The van der Waals surface area contributed by atoms with Gasteiger partial charge in [-0.1, -0.05) is 36.4 Å². The highest BCUT2D eigenvalue weighted by Crippen LogP contribution is 2.19. The van der Waals surface area contributed by atoms with E-state index in [9.17, 15) is 5.11 Å². The number of fused-ring (bicyclic) bond motifs is 2. The summed E-state index contributed by atoms with van der Waals surface area (Å²) in [5.74, 6) is 1.59. The Balaban J connectivity index is 1.65. The summed E-state index contributed by atoms with van der Waals surface area (Å²) in [6, 6.07) is 15.8. The Morgan fingerprint density at radius 3 is 1.63 bits per heavy atom. The van der Waals surface area contributed by atoms with Crippen molar-refractivity contribution in [1.29, 1.82) is 0 Å². The number of rotatable bonds is 0. The van der Waals surface area contributed by atoms with Gasteiger partial charge < -0.3 is 30.5 Å². The molecule has 27 heavy (non-hydrogen) atoms. The largest absolute Gasteiger partial charge is 0.490 e. The summed E-state index contributed by atoms with van der Waals surface area (Å²) in [4.78, 5) is 0. The zero-order valence-electron chi connectivity index (χ0n) is 15.6. The van der Waals surface area contributed by atoms with Gasteiger partial charge in [-0.05, 0) is 12.1 Å². The first-order valence-electron chi connectivity index (χ1n) is 9.54. The van der Waals surface area contributed by atoms with Gasteiger partial charge in [-0.25, -0.2) is 0 Å². The molecule has 4 N–H and O–H groups in total. The smallest absolute Gasteiger partial charge is 0.123 e. The van der Waals surface area contributed by atoms with Gasteiger partial charge >= 0.3 is 0 Å². The molecule has 0 amide bonds. The third-order valence-electron chi connectivity index (χ3n) is 4.40. The molecule has 6 nitrogen and oxygen atoms in total. The average Bonchev–Trinajstić information content (AvgIpc) is 2.70. The third kappa shape index (κ3) is 6.52. The van der Waals surface area contributed by atoms with E-state index in [1.54, 1.807) is 0 Å². The molecule has 0 bridgehead atoms. The lowest BCUT2D eigenvalue weighted by Gasteiger charge is -2.18. The number of aliphatic hydroxyl groups is 1. The standard InChI is InChI=1S/C21H29N3O3/c25-19-15-26-20-7-3-1-5-17(20)13-23-11-9-22-10-12-24-14-18-6-2-4-8-21(18)27-16-19/h1-8,19,22-25H,9-16H2. The number of nitrogens with one attached hydrogen (secondary N) is 3. The Morgan fingerprint density at radius 1 is 0.667 bits per heavy atom. The second kappa shape index (κ2) is 10.9. The predicted molar refractivity (Wildman–Crippen MR) is 106 cm³/mol. The molecule has 0 atom stereocenters. The molecule has 1 aliphatic rings. The second-order valence-electron chi connectivity index (χ2n) is 6.59. The zero-order valence-corrected chi connectivity index (χ0v) is 15.6. The SMILES string of the molecule is OC1COc2ccccc2CNCCNCCNCc2ccccc2OC1. The number of aliphatic hydroxyl groups excluding tert-OH is 1. The summed E-state index contributed by atoms with van der Waals surface area (Å²) in [7, 11) is 0. The monoisotopic (exact) mass is 371 g/mol. The fourth-order valence-electron chi connectivity index (χ4n) is 2.93. The van der Waals surface area contributed by atoms with Crippen molar-refractivity contribution in [2.45, 2.75) is 19.2 Å². The molecule has 1 heterocycles. The van der Waals surface area contributed by atoms with E-state index >= 15 is 0 Å². The molecule has 146 valence electrons. The Kier molecular flexibility index (Phi) is 7.92. The van der Waals surface area contributed by atoms with Crippen molar-refractivity contribution in [3.8, 4) is 11.5 Å². The molecule has 0 radical (unpaired) electrons. The third-order valence-corrected chi connectivity index (χ3v) is 4.40. The van der Waals surface area contributed by atoms with Gasteiger partial charge in [-0.2, -0.15) is 0 Å². The van der Waals surface area contributed by atoms with Crippen molar-refractivity contribution >= 4 is 0 Å². The zero-order chi connectivity index (χ0) is 18.7. The molecule has 0 unspecified atom stereocenters. The Labute approximate surface area is 160 Å². The molecule has 2 aromatic rings. The summed E-state index contributed by atoms with van der Waals surface area (Å²) >= 11 is 0. The predicted octanol–water partition coefficient (Wildman–Crippen LogP) is 1.29. The number of hydrogen-bond donors (Lipinski definition) is 4. The maximum atomic E-state index is 10.3. The topological polar surface area (TPSA) is 74.8 Å². The van der Waals surface area contributed by atoms with Crippen molar-refractivity contribution in [2.75, 3.05) is 39.4 Å². The van der Waals surface area contributed by atoms with Crippen molar-refractivity contribution < 1.29 is 14.6 Å². The van der Waals surface area contributed by atoms with Crippen molar-refractivity contribution in [3.05, 3.63) is 59.7 Å². The van der Waals surface area contributed by atoms with Crippen LogP contribution in [0.15, 0.2) is 48.5 Å². The Bertz CT molecular complexity index is 638. The Morgan fingerprint density at radius 2 is 1.11 bits per heavy atom. The maximum Gasteiger partial charge on any atom is 0.123 e. The molecule has 0 aromatic heterocycles. The molecule has 0 spiro atoms. The van der Waals surface area contributed by atoms with Crippen LogP contribution in [0.2, 0.25) is 0 Å². The highest BCUT2D eigenvalue weighted by Gasteiger charge is 2.11. The minimum absolute atomic E-state index is 0.193. The molecular weight excluding hydrogens is 342 g/mol. The van der Waals surface area contributed by atoms with Gasteiger partial charge in [0.05, 0.1) is 0 Å². The number of hydrogen-bond acceptors (Lipinski definition) is 6. The van der Waals surface area contributed by atoms with Crippen LogP contribution in [-0.4, -0.2) is 50.6 Å². The molecule has 6 heteroatoms. The molecule has 1 aliphatic heterocycles. The van der Waals surface area contributed by atoms with Crippen LogP contribution < -0.4 is 25.4 Å². The summed E-state index contributed by atoms with van der Waals surface area (Å²) in [6.07, 6.45) is -0.699. The summed E-state index contributed by atoms with van der Waals surface area (Å²) in [5.41, 5.74) is 2.16. The van der Waals surface area contributed by atoms with Gasteiger partial charge in [-0.15, -0.1) is 0 Å². The van der Waals surface area contributed by atoms with Crippen LogP contribution in [0.25, 0.3) is 0 Å². The van der Waals surface area contributed by atoms with Gasteiger partial charge in [-0.3, -0.25) is 0 Å². The van der Waals surface area contributed by atoms with Crippen LogP contribution >= 0.6 is 0 Å². The van der Waals surface area contributed by atoms with Crippen LogP contribution in [0.4, 0.5) is 0 Å². The highest BCUT2D eigenvalue weighted by atomic mass is 16.5. The van der Waals surface area contributed by atoms with Gasteiger partial charge in [0, 0.05) is 50.4 Å². The summed E-state index contributed by atoms with van der Waals surface area (Å²) in [5, 5.41) is 20.5. The van der Waals surface area contributed by atoms with E-state index in [1.807, 2.05) is 48.5 Å². The first-order valence-corrected chi connectivity index (χ1v) is 9.54. The fraction of sp³-hybridized carbons (Fsp3) is 0.429. The summed E-state index contributed by atoms with van der Waals surface area (Å²) in [6.45, 7) is 5.43. The minimum Gasteiger partial charge on any atom is -0.490 e. The number of benzene rings is 2. The van der Waals surface area contributed by atoms with E-state index in [0.29, 0.717) is 0 Å². The molecule has 3 rings (SSSR count). The Hall–Kier alpha value is -2.12. The molecular formula is C21H29N3O3. The lowest BCUT2D eigenvalue weighted by Crippen LogP contribution is -2.32. The molecule has 0 fully saturated rings. The summed E-state index contributed by atoms with van der Waals surface area (Å²) < 4.78 is 11.7. The van der Waals surface area contributed by atoms with E-state index in [4.69, 9.17) is 9.47 Å². The van der Waals surface area contributed by atoms with E-state index in [0.717, 1.165) is 61.9 Å². The van der Waals surface area contributed by atoms with Crippen molar-refractivity contribution in [2.24, 2.45) is 0 Å². The first kappa shape index (κ1) is 19.6. The van der Waals surface area contributed by atoms with Crippen LogP contribution in [0, 0.1) is 0 Å². The van der Waals surface area contributed by atoms with E-state index < -0.39 is 6.10 Å². The second-order valence-corrected chi connectivity index (χ2v) is 6.59. The van der Waals surface area contributed by atoms with E-state index in [2.05, 4.69) is 16.0 Å². The molecule has 0 saturated heterocycles. The normalized spacial score (nSPS) is 18.1. The first-order chi connectivity index (χ1) is 13.3. The van der Waals surface area contributed by atoms with E-state index in [1.165, 1.54) is 0 Å². The van der Waals surface area contributed by atoms with Gasteiger partial charge in [0.15, 0.2) is 0 Å². The molecule has 2 aromatic carbocycles. The number of para-hydroxylation sites is 2. The van der Waals surface area contributed by atoms with Gasteiger partial charge in [0.2, 0.25) is 0 Å². The average molecular weight is 371 g/mol. The quantitative estimate of drug-likeness (QED) is 0.559. The maximum absolute atomic E-state index is 10.3. The molecule has 0 aliphatic carbocycles. The van der Waals surface area contributed by atoms with Gasteiger partial charge in [0.25, 0.3) is 0 Å². The molecule has 0 saturated carbocycles. The highest BCUT2D eigenvalue weighted by molar-refractivity contribution is 5.34. The van der Waals surface area contributed by atoms with E-state index in [-0.39, 0.29) is 13.2 Å². The van der Waals surface area contributed by atoms with Crippen LogP contribution in [0.5, 0.6) is 11.5 Å². The fourth-order valence-corrected chi connectivity index (χ4v) is 2.93. The van der Waals surface area contributed by atoms with Crippen LogP contribution in [0.1, 0.15) is 11.1 Å². The number of ether oxygens (including phenoxy) is 2.